The summed E-state index contributed by atoms with van der Waals surface area (Å²) in [5.41, 5.74) is 0. The fourth-order valence-electron chi connectivity index (χ4n) is 1.94. The third-order valence-corrected chi connectivity index (χ3v) is 3.14. The van der Waals surface area contributed by atoms with Crippen LogP contribution in [0.15, 0.2) is 0 Å². The van der Waals surface area contributed by atoms with Crippen molar-refractivity contribution in [1.29, 1.82) is 0 Å². The van der Waals surface area contributed by atoms with E-state index >= 15 is 0 Å². The molecule has 1 saturated heterocycles. The summed E-state index contributed by atoms with van der Waals surface area (Å²) in [4.78, 5) is 40.6. The van der Waals surface area contributed by atoms with Gasteiger partial charge in [-0.05, 0) is 0 Å². The first kappa shape index (κ1) is 17.1. The number of hydrogen-bond donors (Lipinski definition) is 0. The second kappa shape index (κ2) is 6.49. The molecule has 15 nitrogen and oxygen atoms in total. The van der Waals surface area contributed by atoms with E-state index in [1.807, 2.05) is 0 Å². The highest BCUT2D eigenvalue weighted by molar-refractivity contribution is 5.31. The molecule has 0 amide bonds. The van der Waals surface area contributed by atoms with E-state index in [2.05, 4.69) is 15.0 Å². The van der Waals surface area contributed by atoms with Crippen molar-refractivity contribution in [3.05, 3.63) is 36.2 Å². The van der Waals surface area contributed by atoms with Gasteiger partial charge in [0.15, 0.2) is 14.8 Å². The molecule has 24 heavy (non-hydrogen) atoms. The minimum absolute atomic E-state index is 0.213. The summed E-state index contributed by atoms with van der Waals surface area (Å²) in [5, 5.41) is 33.4. The quantitative estimate of drug-likeness (QED) is 0.335. The summed E-state index contributed by atoms with van der Waals surface area (Å²) < 4.78 is 9.85. The van der Waals surface area contributed by atoms with Gasteiger partial charge in [-0.15, -0.1) is 0 Å². The van der Waals surface area contributed by atoms with Crippen molar-refractivity contribution in [3.8, 4) is 6.01 Å². The summed E-state index contributed by atoms with van der Waals surface area (Å²) in [6.45, 7) is 1.17. The molecule has 1 aliphatic heterocycles. The third kappa shape index (κ3) is 2.71. The van der Waals surface area contributed by atoms with Gasteiger partial charge in [0.1, 0.15) is 0 Å². The number of nitro groups is 3. The number of hydrogen-bond acceptors (Lipinski definition) is 12. The van der Waals surface area contributed by atoms with E-state index in [1.54, 1.807) is 0 Å². The Morgan fingerprint density at radius 3 is 2.04 bits per heavy atom. The molecule has 1 aromatic rings. The molecule has 0 saturated carbocycles. The zero-order valence-electron chi connectivity index (χ0n) is 12.2. The number of aromatic nitrogens is 3. The second-order valence-electron chi connectivity index (χ2n) is 4.45. The van der Waals surface area contributed by atoms with Crippen LogP contribution >= 0.6 is 0 Å². The number of ether oxygens (including phenoxy) is 2. The molecular formula is C9H11N7O8. The van der Waals surface area contributed by atoms with Gasteiger partial charge in [0.2, 0.25) is 5.95 Å². The van der Waals surface area contributed by atoms with Gasteiger partial charge in [0.25, 0.3) is 0 Å². The van der Waals surface area contributed by atoms with Gasteiger partial charge < -0.3 is 14.4 Å². The molecule has 1 aromatic heterocycles. The average molecular weight is 345 g/mol. The highest BCUT2D eigenvalue weighted by atomic mass is 16.7. The van der Waals surface area contributed by atoms with Crippen molar-refractivity contribution in [2.24, 2.45) is 0 Å². The van der Waals surface area contributed by atoms with Crippen molar-refractivity contribution < 1.29 is 24.2 Å². The maximum absolute atomic E-state index is 11.1. The Kier molecular flexibility index (Phi) is 4.63. The molecule has 0 aromatic carbocycles. The molecule has 0 N–H and O–H groups in total. The van der Waals surface area contributed by atoms with Crippen LogP contribution in [0.25, 0.3) is 0 Å². The van der Waals surface area contributed by atoms with Crippen molar-refractivity contribution in [3.63, 3.8) is 0 Å². The average Bonchev–Trinajstić information content (AvgIpc) is 2.54. The fourth-order valence-corrected chi connectivity index (χ4v) is 1.94. The van der Waals surface area contributed by atoms with Crippen molar-refractivity contribution in [2.45, 2.75) is 5.79 Å². The lowest BCUT2D eigenvalue weighted by Crippen LogP contribution is -2.51. The Morgan fingerprint density at radius 1 is 1.04 bits per heavy atom. The van der Waals surface area contributed by atoms with Crippen LogP contribution < -0.4 is 9.64 Å². The summed E-state index contributed by atoms with van der Waals surface area (Å²) in [6.07, 6.45) is 0. The molecule has 1 fully saturated rings. The third-order valence-electron chi connectivity index (χ3n) is 3.14. The van der Waals surface area contributed by atoms with Gasteiger partial charge in [-0.2, -0.15) is 15.0 Å². The molecule has 0 bridgehead atoms. The Morgan fingerprint density at radius 2 is 1.58 bits per heavy atom. The van der Waals surface area contributed by atoms with Crippen LogP contribution in [0.5, 0.6) is 6.01 Å². The van der Waals surface area contributed by atoms with Gasteiger partial charge >= 0.3 is 17.6 Å². The Balaban J connectivity index is 2.64. The van der Waals surface area contributed by atoms with Crippen molar-refractivity contribution >= 4 is 5.95 Å². The molecule has 15 heteroatoms. The Labute approximate surface area is 132 Å². The van der Waals surface area contributed by atoms with E-state index in [9.17, 15) is 30.3 Å². The minimum Gasteiger partial charge on any atom is -0.467 e. The number of rotatable bonds is 6. The second-order valence-corrected chi connectivity index (χ2v) is 4.45. The molecule has 130 valence electrons. The van der Waals surface area contributed by atoms with Crippen LogP contribution in [0.2, 0.25) is 0 Å². The number of anilines is 1. The van der Waals surface area contributed by atoms with Crippen LogP contribution in [0.3, 0.4) is 0 Å². The molecule has 0 atom stereocenters. The zero-order chi connectivity index (χ0) is 17.9. The molecule has 0 radical (unpaired) electrons. The van der Waals surface area contributed by atoms with Crippen molar-refractivity contribution in [1.82, 2.24) is 15.0 Å². The Hall–Kier alpha value is -3.23. The molecule has 0 unspecified atom stereocenters. The predicted molar refractivity (Wildman–Crippen MR) is 72.1 cm³/mol. The highest BCUT2D eigenvalue weighted by Gasteiger charge is 2.76. The van der Waals surface area contributed by atoms with E-state index in [0.717, 1.165) is 7.11 Å². The summed E-state index contributed by atoms with van der Waals surface area (Å²) in [7, 11) is 1.11. The molecule has 2 rings (SSSR count). The van der Waals surface area contributed by atoms with Crippen LogP contribution in [0.4, 0.5) is 5.95 Å². The summed E-state index contributed by atoms with van der Waals surface area (Å²) in [6, 6.07) is -0.517. The SMILES string of the molecule is COc1nc(N2CCOCC2)nc(C([N+](=O)[O-])([N+](=O)[O-])[N+](=O)[O-])n1. The number of nitrogens with zero attached hydrogens (tertiary/aromatic N) is 7. The molecule has 0 spiro atoms. The van der Waals surface area contributed by atoms with Gasteiger partial charge in [-0.1, -0.05) is 0 Å². The molecule has 0 aliphatic carbocycles. The van der Waals surface area contributed by atoms with Crippen LogP contribution in [-0.2, 0) is 10.5 Å². The fraction of sp³-hybridized carbons (Fsp3) is 0.667. The first-order valence-corrected chi connectivity index (χ1v) is 6.40. The molecule has 1 aliphatic rings. The molecule has 2 heterocycles. The smallest absolute Gasteiger partial charge is 0.467 e. The monoisotopic (exact) mass is 345 g/mol. The first-order chi connectivity index (χ1) is 11.3. The largest absolute Gasteiger partial charge is 0.763 e. The van der Waals surface area contributed by atoms with Crippen LogP contribution in [0, 0.1) is 30.3 Å². The highest BCUT2D eigenvalue weighted by Crippen LogP contribution is 2.26. The van der Waals surface area contributed by atoms with Crippen LogP contribution in [0.1, 0.15) is 5.82 Å². The number of morpholine rings is 1. The number of methoxy groups -OCH3 is 1. The van der Waals surface area contributed by atoms with Gasteiger partial charge in [0, 0.05) is 13.1 Å². The van der Waals surface area contributed by atoms with E-state index in [0.29, 0.717) is 13.2 Å². The van der Waals surface area contributed by atoms with Crippen molar-refractivity contribution in [2.75, 3.05) is 38.3 Å². The maximum Gasteiger partial charge on any atom is 0.763 e. The minimum atomic E-state index is -3.96. The zero-order valence-corrected chi connectivity index (χ0v) is 12.2. The standard InChI is InChI=1S/C9H11N7O8/c1-23-8-11-6(9(14(17)18,15(19)20)16(21)22)10-7(12-8)13-2-4-24-5-3-13/h2-5H2,1H3. The van der Waals surface area contributed by atoms with E-state index in [-0.39, 0.29) is 19.0 Å². The Bertz CT molecular complexity index is 640. The lowest BCUT2D eigenvalue weighted by atomic mass is 10.3. The van der Waals surface area contributed by atoms with Crippen LogP contribution in [-0.4, -0.2) is 63.1 Å². The van der Waals surface area contributed by atoms with E-state index in [4.69, 9.17) is 9.47 Å². The lowest BCUT2D eigenvalue weighted by Gasteiger charge is -2.26. The molecular weight excluding hydrogens is 334 g/mol. The van der Waals surface area contributed by atoms with E-state index < -0.39 is 32.4 Å². The van der Waals surface area contributed by atoms with Gasteiger partial charge in [0.05, 0.1) is 20.3 Å². The summed E-state index contributed by atoms with van der Waals surface area (Å²) >= 11 is 0. The first-order valence-electron chi connectivity index (χ1n) is 6.40. The maximum atomic E-state index is 11.1. The normalized spacial score (nSPS) is 15.0. The predicted octanol–water partition coefficient (Wildman–Crippen LogP) is -1.34. The summed E-state index contributed by atoms with van der Waals surface area (Å²) in [5.74, 6) is -5.43. The lowest BCUT2D eigenvalue weighted by molar-refractivity contribution is -0.987. The van der Waals surface area contributed by atoms with Gasteiger partial charge in [-0.3, -0.25) is 30.3 Å². The van der Waals surface area contributed by atoms with Gasteiger partial charge in [-0.25, -0.2) is 0 Å². The topological polar surface area (TPSA) is 190 Å². The van der Waals surface area contributed by atoms with E-state index in [1.165, 1.54) is 4.90 Å².